The van der Waals surface area contributed by atoms with E-state index in [4.69, 9.17) is 5.73 Å². The van der Waals surface area contributed by atoms with Crippen molar-refractivity contribution in [1.29, 1.82) is 0 Å². The molecule has 2 atom stereocenters. The van der Waals surface area contributed by atoms with Crippen LogP contribution in [0.4, 0.5) is 13.2 Å². The Bertz CT molecular complexity index is 328. The Labute approximate surface area is 73.4 Å². The van der Waals surface area contributed by atoms with Crippen LogP contribution >= 0.6 is 0 Å². The molecule has 1 aliphatic rings. The number of nitrogens with two attached hydrogens (primary N) is 1. The van der Waals surface area contributed by atoms with Gasteiger partial charge in [0.05, 0.1) is 0 Å². The highest BCUT2D eigenvalue weighted by atomic mass is 19.1. The SMILES string of the molecule is N[C@@H]1C[C@H]1c1c(F)cc(F)cc1F. The van der Waals surface area contributed by atoms with E-state index >= 15 is 0 Å². The Kier molecular flexibility index (Phi) is 1.80. The summed E-state index contributed by atoms with van der Waals surface area (Å²) in [7, 11) is 0. The zero-order valence-electron chi connectivity index (χ0n) is 6.73. The van der Waals surface area contributed by atoms with E-state index < -0.39 is 17.5 Å². The van der Waals surface area contributed by atoms with E-state index in [1.165, 1.54) is 0 Å². The molecule has 0 saturated heterocycles. The van der Waals surface area contributed by atoms with Gasteiger partial charge in [0.2, 0.25) is 0 Å². The third-order valence-electron chi connectivity index (χ3n) is 2.25. The molecule has 2 rings (SSSR count). The Morgan fingerprint density at radius 3 is 2.00 bits per heavy atom. The van der Waals surface area contributed by atoms with Crippen LogP contribution in [0.3, 0.4) is 0 Å². The molecule has 4 heteroatoms. The quantitative estimate of drug-likeness (QED) is 0.714. The topological polar surface area (TPSA) is 26.0 Å². The fraction of sp³-hybridized carbons (Fsp3) is 0.333. The van der Waals surface area contributed by atoms with E-state index in [0.717, 1.165) is 0 Å². The maximum absolute atomic E-state index is 13.0. The van der Waals surface area contributed by atoms with Crippen LogP contribution in [0.25, 0.3) is 0 Å². The van der Waals surface area contributed by atoms with Crippen molar-refractivity contribution < 1.29 is 13.2 Å². The first-order valence-electron chi connectivity index (χ1n) is 3.99. The van der Waals surface area contributed by atoms with Crippen molar-refractivity contribution in [2.24, 2.45) is 5.73 Å². The molecule has 1 nitrogen and oxygen atoms in total. The van der Waals surface area contributed by atoms with Gasteiger partial charge in [-0.1, -0.05) is 0 Å². The molecule has 1 saturated carbocycles. The van der Waals surface area contributed by atoms with Crippen LogP contribution in [0.2, 0.25) is 0 Å². The predicted molar refractivity (Wildman–Crippen MR) is 41.6 cm³/mol. The lowest BCUT2D eigenvalue weighted by Crippen LogP contribution is -2.04. The maximum atomic E-state index is 13.0. The lowest BCUT2D eigenvalue weighted by Gasteiger charge is -2.02. The highest BCUT2D eigenvalue weighted by Crippen LogP contribution is 2.41. The Morgan fingerprint density at radius 2 is 1.62 bits per heavy atom. The van der Waals surface area contributed by atoms with Crippen LogP contribution in [0.5, 0.6) is 0 Å². The summed E-state index contributed by atoms with van der Waals surface area (Å²) in [5.74, 6) is -2.85. The maximum Gasteiger partial charge on any atom is 0.132 e. The summed E-state index contributed by atoms with van der Waals surface area (Å²) in [6.07, 6.45) is 0.569. The van der Waals surface area contributed by atoms with Crippen LogP contribution in [0.15, 0.2) is 12.1 Å². The standard InChI is InChI=1S/C9H8F3N/c10-4-1-6(11)9(7(12)2-4)5-3-8(5)13/h1-2,5,8H,3,13H2/t5-,8-/m1/s1. The fourth-order valence-corrected chi connectivity index (χ4v) is 1.45. The molecular weight excluding hydrogens is 179 g/mol. The van der Waals surface area contributed by atoms with Crippen LogP contribution < -0.4 is 5.73 Å². The van der Waals surface area contributed by atoms with Crippen molar-refractivity contribution >= 4 is 0 Å². The Morgan fingerprint density at radius 1 is 1.15 bits per heavy atom. The van der Waals surface area contributed by atoms with E-state index in [1.54, 1.807) is 0 Å². The van der Waals surface area contributed by atoms with Gasteiger partial charge in [-0.05, 0) is 6.42 Å². The molecular formula is C9H8F3N. The largest absolute Gasteiger partial charge is 0.327 e. The molecule has 0 unspecified atom stereocenters. The molecule has 1 aliphatic carbocycles. The summed E-state index contributed by atoms with van der Waals surface area (Å²) in [6.45, 7) is 0. The first-order valence-corrected chi connectivity index (χ1v) is 3.99. The number of benzene rings is 1. The molecule has 0 aliphatic heterocycles. The Balaban J connectivity index is 2.45. The number of rotatable bonds is 1. The highest BCUT2D eigenvalue weighted by molar-refractivity contribution is 5.31. The molecule has 13 heavy (non-hydrogen) atoms. The third-order valence-corrected chi connectivity index (χ3v) is 2.25. The zero-order chi connectivity index (χ0) is 9.59. The van der Waals surface area contributed by atoms with Gasteiger partial charge in [0.25, 0.3) is 0 Å². The smallest absolute Gasteiger partial charge is 0.132 e. The summed E-state index contributed by atoms with van der Waals surface area (Å²) < 4.78 is 38.6. The highest BCUT2D eigenvalue weighted by Gasteiger charge is 2.39. The van der Waals surface area contributed by atoms with E-state index in [9.17, 15) is 13.2 Å². The van der Waals surface area contributed by atoms with E-state index in [1.807, 2.05) is 0 Å². The van der Waals surface area contributed by atoms with Crippen LogP contribution in [-0.4, -0.2) is 6.04 Å². The van der Waals surface area contributed by atoms with Gasteiger partial charge in [-0.15, -0.1) is 0 Å². The molecule has 1 aromatic rings. The van der Waals surface area contributed by atoms with Crippen molar-refractivity contribution in [2.45, 2.75) is 18.4 Å². The van der Waals surface area contributed by atoms with E-state index in [0.29, 0.717) is 18.6 Å². The average molecular weight is 187 g/mol. The first-order chi connectivity index (χ1) is 6.09. The first kappa shape index (κ1) is 8.56. The lowest BCUT2D eigenvalue weighted by atomic mass is 10.1. The summed E-state index contributed by atoms with van der Waals surface area (Å²) in [5, 5.41) is 0. The summed E-state index contributed by atoms with van der Waals surface area (Å²) in [5.41, 5.74) is 5.37. The van der Waals surface area contributed by atoms with Crippen molar-refractivity contribution in [3.05, 3.63) is 35.1 Å². The third kappa shape index (κ3) is 1.42. The second kappa shape index (κ2) is 2.73. The van der Waals surface area contributed by atoms with Gasteiger partial charge in [-0.25, -0.2) is 13.2 Å². The molecule has 0 bridgehead atoms. The minimum absolute atomic E-state index is 0.0751. The van der Waals surface area contributed by atoms with Crippen LogP contribution in [0.1, 0.15) is 17.9 Å². The van der Waals surface area contributed by atoms with Gasteiger partial charge in [0.15, 0.2) is 0 Å². The van der Waals surface area contributed by atoms with Gasteiger partial charge >= 0.3 is 0 Å². The van der Waals surface area contributed by atoms with E-state index in [-0.39, 0.29) is 17.5 Å². The second-order valence-corrected chi connectivity index (χ2v) is 3.29. The number of hydrogen-bond donors (Lipinski definition) is 1. The van der Waals surface area contributed by atoms with E-state index in [2.05, 4.69) is 0 Å². The van der Waals surface area contributed by atoms with Crippen LogP contribution in [-0.2, 0) is 0 Å². The van der Waals surface area contributed by atoms with Crippen molar-refractivity contribution in [3.63, 3.8) is 0 Å². The molecule has 0 amide bonds. The monoisotopic (exact) mass is 187 g/mol. The average Bonchev–Trinajstić information content (AvgIpc) is 2.64. The van der Waals surface area contributed by atoms with Crippen molar-refractivity contribution in [2.75, 3.05) is 0 Å². The fourth-order valence-electron chi connectivity index (χ4n) is 1.45. The molecule has 1 fully saturated rings. The minimum Gasteiger partial charge on any atom is -0.327 e. The van der Waals surface area contributed by atoms with Crippen molar-refractivity contribution in [1.82, 2.24) is 0 Å². The number of halogens is 3. The molecule has 0 aromatic heterocycles. The molecule has 0 radical (unpaired) electrons. The van der Waals surface area contributed by atoms with Gasteiger partial charge in [0, 0.05) is 29.7 Å². The van der Waals surface area contributed by atoms with Gasteiger partial charge in [-0.2, -0.15) is 0 Å². The summed E-state index contributed by atoms with van der Waals surface area (Å²) in [4.78, 5) is 0. The lowest BCUT2D eigenvalue weighted by molar-refractivity contribution is 0.523. The van der Waals surface area contributed by atoms with Gasteiger partial charge in [0.1, 0.15) is 17.5 Å². The minimum atomic E-state index is -0.895. The van der Waals surface area contributed by atoms with Crippen molar-refractivity contribution in [3.8, 4) is 0 Å². The van der Waals surface area contributed by atoms with Gasteiger partial charge in [-0.3, -0.25) is 0 Å². The molecule has 0 heterocycles. The zero-order valence-corrected chi connectivity index (χ0v) is 6.73. The second-order valence-electron chi connectivity index (χ2n) is 3.29. The molecule has 0 spiro atoms. The molecule has 1 aromatic carbocycles. The predicted octanol–water partition coefficient (Wildman–Crippen LogP) is 1.92. The van der Waals surface area contributed by atoms with Crippen LogP contribution in [0, 0.1) is 17.5 Å². The normalized spacial score (nSPS) is 26.2. The van der Waals surface area contributed by atoms with Gasteiger partial charge < -0.3 is 5.73 Å². The molecule has 2 N–H and O–H groups in total. The number of hydrogen-bond acceptors (Lipinski definition) is 1. The summed E-state index contributed by atoms with van der Waals surface area (Å²) >= 11 is 0. The Hall–Kier alpha value is -1.03. The molecule has 70 valence electrons. The summed E-state index contributed by atoms with van der Waals surface area (Å²) in [6, 6.07) is 1.18.